The van der Waals surface area contributed by atoms with Gasteiger partial charge in [0.25, 0.3) is 0 Å². The van der Waals surface area contributed by atoms with Crippen LogP contribution in [0.3, 0.4) is 0 Å². The maximum absolute atomic E-state index is 16.9. The minimum Gasteiger partial charge on any atom is -0.300 e. The normalized spacial score (nSPS) is 32.3. The fraction of sp³-hybridized carbons (Fsp3) is 0.866. The summed E-state index contributed by atoms with van der Waals surface area (Å²) < 4.78 is 0. The average Bonchev–Trinajstić information content (AvgIpc) is 0.880. The monoisotopic (exact) mass is 1940 g/mol. The van der Waals surface area contributed by atoms with Gasteiger partial charge in [0, 0.05) is 154 Å². The van der Waals surface area contributed by atoms with Crippen LogP contribution in [0.15, 0.2) is 24.3 Å². The van der Waals surface area contributed by atoms with Gasteiger partial charge in [0.15, 0.2) is 0 Å². The van der Waals surface area contributed by atoms with Crippen molar-refractivity contribution in [3.63, 3.8) is 0 Å². The maximum Gasteiger partial charge on any atom is 0.140 e. The molecule has 0 aromatic rings. The first-order valence-electron chi connectivity index (χ1n) is 59.6. The molecule has 140 heavy (non-hydrogen) atoms. The van der Waals surface area contributed by atoms with Crippen molar-refractivity contribution in [2.75, 3.05) is 0 Å². The zero-order valence-electron chi connectivity index (χ0n) is 92.6. The van der Waals surface area contributed by atoms with E-state index in [0.29, 0.717) is 148 Å². The highest BCUT2D eigenvalue weighted by Gasteiger charge is 2.51. The second-order valence-corrected chi connectivity index (χ2v) is 53.4. The molecule has 0 radical (unpaired) electrons. The number of carbonyl (C=O) groups is 13. The maximum atomic E-state index is 16.9. The van der Waals surface area contributed by atoms with Crippen molar-refractivity contribution >= 4 is 75.2 Å². The van der Waals surface area contributed by atoms with Gasteiger partial charge in [-0.15, -0.1) is 0 Å². The van der Waals surface area contributed by atoms with Crippen molar-refractivity contribution in [3.8, 4) is 0 Å². The highest BCUT2D eigenvalue weighted by Crippen LogP contribution is 2.58. The highest BCUT2D eigenvalue weighted by atomic mass is 16.2. The second kappa shape index (κ2) is 56.0. The van der Waals surface area contributed by atoms with Crippen molar-refractivity contribution in [2.24, 2.45) is 188 Å². The molecular formula is C127H206O13. The van der Waals surface area contributed by atoms with E-state index in [1.165, 1.54) is 64.7 Å². The van der Waals surface area contributed by atoms with Crippen LogP contribution in [0.5, 0.6) is 0 Å². The van der Waals surface area contributed by atoms with Gasteiger partial charge in [-0.2, -0.15) is 0 Å². The van der Waals surface area contributed by atoms with Crippen molar-refractivity contribution in [1.29, 1.82) is 0 Å². The van der Waals surface area contributed by atoms with Gasteiger partial charge < -0.3 is 4.79 Å². The van der Waals surface area contributed by atoms with E-state index in [9.17, 15) is 28.8 Å². The van der Waals surface area contributed by atoms with E-state index in [0.717, 1.165) is 210 Å². The second-order valence-electron chi connectivity index (χ2n) is 53.4. The molecular weight excluding hydrogens is 1730 g/mol. The topological polar surface area (TPSA) is 222 Å². The predicted octanol–water partition coefficient (Wildman–Crippen LogP) is 31.6. The van der Waals surface area contributed by atoms with E-state index in [-0.39, 0.29) is 210 Å². The Morgan fingerprint density at radius 3 is 1.72 bits per heavy atom. The Kier molecular flexibility index (Phi) is 46.8. The molecule has 792 valence electrons. The Morgan fingerprint density at radius 2 is 1.04 bits per heavy atom. The standard InChI is InChI=1S/C127H206O13/c1-81(2)113-77-110(129)70-96-37-30-42-116(132)87(12)33-28-36-93-43-45-95(46-44-93)66-107(73-121(137)105-52-56-117(133)101(50-54-114(130)82(3)4)72-119(135)103(71-100-49-53-111-86(11)32-29-41-112(100)111)57-61-127(113,85(9)10)80-104(88(13)62-96)40-31-58-125(18,19)79-105)89(14)63-106(69-97-47-48-98-38-24-25-39-99(98)68-97)91(16)78-126(59-26-21-27-60-126)123(139)76-102(51-55-115(131)83(5)6)120(136)74-108(65-92(17)128)122(138)75-109(67-94-34-22-20-23-35-94)124(140)90(15)64-118(134)84(7)8/h81-88,90,93-109,111-113H,14,16,20-80H2,1-13,15,17-19H3/t86?,87?,88?,90?,93?,95?,96?,97?,98?,99?,100?,101-,102?,103+,104?,105-,106?,107?,108-,109?,111?,112?,113?,127?/m1/s1. The third-order valence-electron chi connectivity index (χ3n) is 40.8. The Labute approximate surface area is 853 Å². The van der Waals surface area contributed by atoms with Gasteiger partial charge in [-0.25, -0.2) is 0 Å². The van der Waals surface area contributed by atoms with Crippen LogP contribution in [0.4, 0.5) is 0 Å². The quantitative estimate of drug-likeness (QED) is 0.0526. The molecule has 0 aromatic heterocycles. The lowest BCUT2D eigenvalue weighted by atomic mass is 9.54. The van der Waals surface area contributed by atoms with E-state index < -0.39 is 40.9 Å². The SMILES string of the molecule is C=C(CC1(C(=O)CC(CCC(=O)C(C)C)C(=O)C[C@@H](CC(C)=O)C(=O)CC(CC2CCCCC2)C(=O)C(C)CC(=O)C(C)C)CCCCC1)C(CC(=C)C1CC(=O)[C@@H]2CCC(=O)[C@H](CCC(=O)C(C)C)CC(=O)[C@H](CC3CCC4C(C)CCCC34)CCC3(C(C)C)CC(CCCC(C)(C)C2)C(C)CC(CCCC(=O)C(C)CCCC2CCC(CC2)C1)CC(=O)CC3C(C)C)CC1CCC2CCCCC2C1. The zero-order valence-corrected chi connectivity index (χ0v) is 92.6. The van der Waals surface area contributed by atoms with Gasteiger partial charge >= 0.3 is 0 Å². The molecule has 18 unspecified atom stereocenters. The summed E-state index contributed by atoms with van der Waals surface area (Å²) in [6, 6.07) is 0. The van der Waals surface area contributed by atoms with Crippen molar-refractivity contribution in [3.05, 3.63) is 24.3 Å². The molecule has 11 aliphatic carbocycles. The van der Waals surface area contributed by atoms with Crippen molar-refractivity contribution < 1.29 is 62.3 Å². The lowest BCUT2D eigenvalue weighted by Gasteiger charge is -2.50. The Balaban J connectivity index is 1.01. The lowest BCUT2D eigenvalue weighted by molar-refractivity contribution is -0.138. The van der Waals surface area contributed by atoms with Gasteiger partial charge in [0.05, 0.1) is 0 Å². The molecule has 0 aliphatic heterocycles. The summed E-state index contributed by atoms with van der Waals surface area (Å²) in [5, 5.41) is 0. The van der Waals surface area contributed by atoms with Crippen LogP contribution < -0.4 is 0 Å². The minimum atomic E-state index is -1.01. The lowest BCUT2D eigenvalue weighted by Crippen LogP contribution is -2.44. The van der Waals surface area contributed by atoms with Gasteiger partial charge in [-0.1, -0.05) is 283 Å². The number of allylic oxidation sites excluding steroid dienone is 2. The summed E-state index contributed by atoms with van der Waals surface area (Å²) >= 11 is 0. The first-order valence-corrected chi connectivity index (χ1v) is 59.6. The number of carbonyl (C=O) groups excluding carboxylic acids is 13. The molecule has 0 amide bonds. The Bertz CT molecular complexity index is 4060. The molecule has 0 saturated heterocycles. The third-order valence-corrected chi connectivity index (χ3v) is 40.8. The molecule has 13 heteroatoms. The molecule has 0 N–H and O–H groups in total. The van der Waals surface area contributed by atoms with Crippen LogP contribution >= 0.6 is 0 Å². The molecule has 0 heterocycles. The molecule has 11 fully saturated rings. The van der Waals surface area contributed by atoms with E-state index >= 15 is 33.6 Å². The number of ketones is 13. The first kappa shape index (κ1) is 117. The van der Waals surface area contributed by atoms with Crippen molar-refractivity contribution in [1.82, 2.24) is 0 Å². The fourth-order valence-corrected chi connectivity index (χ4v) is 31.4. The van der Waals surface area contributed by atoms with E-state index in [1.54, 1.807) is 6.92 Å². The summed E-state index contributed by atoms with van der Waals surface area (Å²) in [6.45, 7) is 46.3. The van der Waals surface area contributed by atoms with Crippen LogP contribution in [0.25, 0.3) is 0 Å². The largest absolute Gasteiger partial charge is 0.300 e. The van der Waals surface area contributed by atoms with Gasteiger partial charge in [-0.05, 0) is 285 Å². The van der Waals surface area contributed by atoms with Crippen LogP contribution in [0.2, 0.25) is 0 Å². The summed E-state index contributed by atoms with van der Waals surface area (Å²) in [7, 11) is 0. The molecule has 11 saturated carbocycles. The number of Topliss-reactive ketones (excluding diaryl/α,β-unsaturated/α-hetero) is 13. The summed E-state index contributed by atoms with van der Waals surface area (Å²) in [6.07, 6.45) is 46.4. The van der Waals surface area contributed by atoms with Crippen molar-refractivity contribution in [2.45, 2.75) is 509 Å². The molecule has 11 aliphatic rings. The van der Waals surface area contributed by atoms with Crippen LogP contribution in [-0.2, 0) is 62.3 Å². The highest BCUT2D eigenvalue weighted by molar-refractivity contribution is 5.98. The number of hydrogen-bond donors (Lipinski definition) is 0. The summed E-state index contributed by atoms with van der Waals surface area (Å²) in [5.41, 5.74) is 0.681. The molecule has 13 nitrogen and oxygen atoms in total. The average molecular weight is 1940 g/mol. The predicted molar refractivity (Wildman–Crippen MR) is 570 cm³/mol. The summed E-state index contributed by atoms with van der Waals surface area (Å²) in [5.74, 6) is 1.30. The number of fused-ring (bicyclic) bond motifs is 15. The third kappa shape index (κ3) is 34.6. The van der Waals surface area contributed by atoms with Gasteiger partial charge in [0.2, 0.25) is 0 Å². The number of rotatable bonds is 38. The van der Waals surface area contributed by atoms with Crippen LogP contribution in [0, 0.1) is 188 Å². The molecule has 22 atom stereocenters. The van der Waals surface area contributed by atoms with E-state index in [2.05, 4.69) is 62.3 Å². The molecule has 11 rings (SSSR count). The number of hydrogen-bond acceptors (Lipinski definition) is 13. The smallest absolute Gasteiger partial charge is 0.140 e. The Hall–Kier alpha value is -4.81. The van der Waals surface area contributed by atoms with Crippen LogP contribution in [-0.4, -0.2) is 75.2 Å². The van der Waals surface area contributed by atoms with Gasteiger partial charge in [0.1, 0.15) is 75.2 Å². The minimum absolute atomic E-state index is 0.00225. The fourth-order valence-electron chi connectivity index (χ4n) is 31.4. The van der Waals surface area contributed by atoms with E-state index in [4.69, 9.17) is 13.2 Å². The van der Waals surface area contributed by atoms with Crippen LogP contribution in [0.1, 0.15) is 509 Å². The van der Waals surface area contributed by atoms with E-state index in [1.807, 2.05) is 41.5 Å². The zero-order chi connectivity index (χ0) is 102. The molecule has 0 spiro atoms. The first-order chi connectivity index (χ1) is 66.4. The Morgan fingerprint density at radius 1 is 0.414 bits per heavy atom. The molecule has 6 bridgehead atoms. The van der Waals surface area contributed by atoms with Gasteiger partial charge in [-0.3, -0.25) is 57.5 Å². The summed E-state index contributed by atoms with van der Waals surface area (Å²) in [4.78, 5) is 195. The molecule has 0 aromatic carbocycles.